The minimum Gasteiger partial charge on any atom is -0.494 e. The van der Waals surface area contributed by atoms with Crippen LogP contribution in [0, 0.1) is 0 Å². The van der Waals surface area contributed by atoms with Crippen molar-refractivity contribution in [3.8, 4) is 5.75 Å². The number of rotatable bonds is 6. The Morgan fingerprint density at radius 2 is 1.74 bits per heavy atom. The molecule has 0 aromatic heterocycles. The van der Waals surface area contributed by atoms with E-state index in [0.29, 0.717) is 28.8 Å². The highest BCUT2D eigenvalue weighted by Gasteiger charge is 2.16. The molecule has 0 unspecified atom stereocenters. The minimum atomic E-state index is -0.0497. The lowest BCUT2D eigenvalue weighted by Gasteiger charge is -2.20. The van der Waals surface area contributed by atoms with E-state index in [2.05, 4.69) is 0 Å². The molecule has 0 saturated heterocycles. The summed E-state index contributed by atoms with van der Waals surface area (Å²) in [7, 11) is 1.76. The van der Waals surface area contributed by atoms with Gasteiger partial charge in [-0.2, -0.15) is 0 Å². The third-order valence-corrected chi connectivity index (χ3v) is 4.20. The van der Waals surface area contributed by atoms with E-state index in [1.54, 1.807) is 30.1 Å². The lowest BCUT2D eigenvalue weighted by atomic mass is 10.1. The van der Waals surface area contributed by atoms with Gasteiger partial charge in [0.05, 0.1) is 13.0 Å². The monoisotopic (exact) mass is 351 g/mol. The van der Waals surface area contributed by atoms with Gasteiger partial charge in [0.1, 0.15) is 5.75 Å². The maximum Gasteiger partial charge on any atom is 0.227 e. The highest BCUT2D eigenvalue weighted by Crippen LogP contribution is 2.26. The number of hydrogen-bond donors (Lipinski definition) is 0. The molecule has 0 aliphatic rings. The molecule has 0 N–H and O–H groups in total. The van der Waals surface area contributed by atoms with Crippen LogP contribution in [0.5, 0.6) is 5.75 Å². The molecule has 0 heterocycles. The zero-order chi connectivity index (χ0) is 16.8. The van der Waals surface area contributed by atoms with Crippen molar-refractivity contribution in [1.82, 2.24) is 4.90 Å². The van der Waals surface area contributed by atoms with Crippen molar-refractivity contribution in [3.63, 3.8) is 0 Å². The highest BCUT2D eigenvalue weighted by atomic mass is 35.5. The minimum absolute atomic E-state index is 0.0497. The number of benzene rings is 2. The van der Waals surface area contributed by atoms with Crippen LogP contribution in [0.2, 0.25) is 10.0 Å². The molecular weight excluding hydrogens is 333 g/mol. The van der Waals surface area contributed by atoms with E-state index in [1.807, 2.05) is 31.2 Å². The Morgan fingerprint density at radius 1 is 1.09 bits per heavy atom. The summed E-state index contributed by atoms with van der Waals surface area (Å²) in [6.45, 7) is 2.99. The van der Waals surface area contributed by atoms with Crippen molar-refractivity contribution in [2.24, 2.45) is 0 Å². The van der Waals surface area contributed by atoms with Crippen LogP contribution >= 0.6 is 23.2 Å². The Balaban J connectivity index is 2.09. The number of amides is 1. The first kappa shape index (κ1) is 17.6. The van der Waals surface area contributed by atoms with Crippen LogP contribution in [0.3, 0.4) is 0 Å². The van der Waals surface area contributed by atoms with Crippen molar-refractivity contribution in [3.05, 3.63) is 63.6 Å². The third-order valence-electron chi connectivity index (χ3n) is 3.50. The Labute approximate surface area is 146 Å². The van der Waals surface area contributed by atoms with Crippen LogP contribution in [0.25, 0.3) is 0 Å². The fourth-order valence-corrected chi connectivity index (χ4v) is 2.79. The number of hydrogen-bond acceptors (Lipinski definition) is 2. The van der Waals surface area contributed by atoms with Gasteiger partial charge in [0.15, 0.2) is 0 Å². The molecule has 0 saturated carbocycles. The lowest BCUT2D eigenvalue weighted by molar-refractivity contribution is -0.129. The standard InChI is InChI=1S/C18H19Cl2NO2/c1-3-23-17-10-5-4-7-13(17)12-21(2)18(22)11-14-15(19)8-6-9-16(14)20/h4-10H,3,11-12H2,1-2H3. The van der Waals surface area contributed by atoms with Crippen LogP contribution in [-0.4, -0.2) is 24.5 Å². The second-order valence-electron chi connectivity index (χ2n) is 5.17. The van der Waals surface area contributed by atoms with E-state index >= 15 is 0 Å². The van der Waals surface area contributed by atoms with Crippen molar-refractivity contribution in [1.29, 1.82) is 0 Å². The third kappa shape index (κ3) is 4.63. The van der Waals surface area contributed by atoms with Gasteiger partial charge in [0, 0.05) is 29.2 Å². The van der Waals surface area contributed by atoms with E-state index in [4.69, 9.17) is 27.9 Å². The molecule has 0 radical (unpaired) electrons. The summed E-state index contributed by atoms with van der Waals surface area (Å²) in [6.07, 6.45) is 0.172. The van der Waals surface area contributed by atoms with Gasteiger partial charge < -0.3 is 9.64 Å². The second-order valence-corrected chi connectivity index (χ2v) is 5.98. The van der Waals surface area contributed by atoms with Gasteiger partial charge in [-0.15, -0.1) is 0 Å². The fraction of sp³-hybridized carbons (Fsp3) is 0.278. The molecule has 5 heteroatoms. The van der Waals surface area contributed by atoms with Crippen molar-refractivity contribution < 1.29 is 9.53 Å². The molecule has 0 fully saturated rings. The lowest BCUT2D eigenvalue weighted by Crippen LogP contribution is -2.28. The molecule has 23 heavy (non-hydrogen) atoms. The molecule has 2 aromatic rings. The summed E-state index contributed by atoms with van der Waals surface area (Å²) < 4.78 is 5.59. The number of likely N-dealkylation sites (N-methyl/N-ethyl adjacent to an activating group) is 1. The molecular formula is C18H19Cl2NO2. The molecule has 0 aliphatic heterocycles. The van der Waals surface area contributed by atoms with Gasteiger partial charge >= 0.3 is 0 Å². The van der Waals surface area contributed by atoms with Gasteiger partial charge in [-0.3, -0.25) is 4.79 Å². The number of ether oxygens (including phenoxy) is 1. The summed E-state index contributed by atoms with van der Waals surface area (Å²) in [5.74, 6) is 0.747. The summed E-state index contributed by atoms with van der Waals surface area (Å²) in [6, 6.07) is 12.9. The molecule has 0 atom stereocenters. The van der Waals surface area contributed by atoms with Crippen molar-refractivity contribution in [2.45, 2.75) is 19.9 Å². The smallest absolute Gasteiger partial charge is 0.227 e. The van der Waals surface area contributed by atoms with E-state index in [1.165, 1.54) is 0 Å². The largest absolute Gasteiger partial charge is 0.494 e. The molecule has 0 bridgehead atoms. The average Bonchev–Trinajstić information content (AvgIpc) is 2.53. The Bertz CT molecular complexity index is 668. The molecule has 2 rings (SSSR count). The summed E-state index contributed by atoms with van der Waals surface area (Å²) in [5.41, 5.74) is 1.63. The van der Waals surface area contributed by atoms with Crippen LogP contribution in [-0.2, 0) is 17.8 Å². The van der Waals surface area contributed by atoms with Crippen molar-refractivity contribution in [2.75, 3.05) is 13.7 Å². The quantitative estimate of drug-likeness (QED) is 0.761. The van der Waals surface area contributed by atoms with Crippen LogP contribution in [0.1, 0.15) is 18.1 Å². The number of halogens is 2. The van der Waals surface area contributed by atoms with E-state index < -0.39 is 0 Å². The fourth-order valence-electron chi connectivity index (χ4n) is 2.26. The Morgan fingerprint density at radius 3 is 2.39 bits per heavy atom. The Kier molecular flexibility index (Phi) is 6.31. The second kappa shape index (κ2) is 8.23. The summed E-state index contributed by atoms with van der Waals surface area (Å²) >= 11 is 12.3. The maximum absolute atomic E-state index is 12.5. The van der Waals surface area contributed by atoms with Gasteiger partial charge in [-0.1, -0.05) is 47.5 Å². The van der Waals surface area contributed by atoms with Gasteiger partial charge in [0.25, 0.3) is 0 Å². The number of para-hydroxylation sites is 1. The van der Waals surface area contributed by atoms with E-state index in [0.717, 1.165) is 11.3 Å². The van der Waals surface area contributed by atoms with Gasteiger partial charge in [-0.25, -0.2) is 0 Å². The van der Waals surface area contributed by atoms with Gasteiger partial charge in [0.2, 0.25) is 5.91 Å². The average molecular weight is 352 g/mol. The SMILES string of the molecule is CCOc1ccccc1CN(C)C(=O)Cc1c(Cl)cccc1Cl. The first-order valence-corrected chi connectivity index (χ1v) is 8.16. The molecule has 0 aliphatic carbocycles. The van der Waals surface area contributed by atoms with Crippen molar-refractivity contribution >= 4 is 29.1 Å². The molecule has 1 amide bonds. The molecule has 0 spiro atoms. The number of carbonyl (C=O) groups is 1. The topological polar surface area (TPSA) is 29.5 Å². The van der Waals surface area contributed by atoms with Crippen LogP contribution in [0.15, 0.2) is 42.5 Å². The maximum atomic E-state index is 12.5. The predicted octanol–water partition coefficient (Wildman–Crippen LogP) is 4.59. The normalized spacial score (nSPS) is 10.4. The van der Waals surface area contributed by atoms with E-state index in [-0.39, 0.29) is 12.3 Å². The highest BCUT2D eigenvalue weighted by molar-refractivity contribution is 6.36. The van der Waals surface area contributed by atoms with Crippen LogP contribution in [0.4, 0.5) is 0 Å². The molecule has 2 aromatic carbocycles. The van der Waals surface area contributed by atoms with Gasteiger partial charge in [-0.05, 0) is 30.7 Å². The number of carbonyl (C=O) groups excluding carboxylic acids is 1. The summed E-state index contributed by atoms with van der Waals surface area (Å²) in [5, 5.41) is 1.02. The van der Waals surface area contributed by atoms with Crippen LogP contribution < -0.4 is 4.74 Å². The first-order chi connectivity index (χ1) is 11.0. The number of nitrogens with zero attached hydrogens (tertiary/aromatic N) is 1. The Hall–Kier alpha value is -1.71. The molecule has 122 valence electrons. The zero-order valence-corrected chi connectivity index (χ0v) is 14.7. The predicted molar refractivity (Wildman–Crippen MR) is 94.3 cm³/mol. The summed E-state index contributed by atoms with van der Waals surface area (Å²) in [4.78, 5) is 14.1. The first-order valence-electron chi connectivity index (χ1n) is 7.40. The van der Waals surface area contributed by atoms with E-state index in [9.17, 15) is 4.79 Å². The zero-order valence-electron chi connectivity index (χ0n) is 13.2. The molecule has 3 nitrogen and oxygen atoms in total.